The molecule has 0 radical (unpaired) electrons. The molecule has 0 aromatic heterocycles. The number of rotatable bonds is 6. The standard InChI is InChI=1S/C52H35N/c1-3-14-36(15-4-1)37-26-29-41(30-27-37)53(40-18-5-2-6-19-40)42-20-13-17-39(34-42)44-32-33-50(46-23-10-9-22-45(44)46)52-35-51-43-21-8-7-16-38(43)28-31-49(51)47-24-11-12-25-48(47)52/h1-35H. The van der Waals surface area contributed by atoms with Crippen LogP contribution in [0.15, 0.2) is 212 Å². The zero-order chi connectivity index (χ0) is 35.1. The van der Waals surface area contributed by atoms with Gasteiger partial charge in [-0.1, -0.05) is 170 Å². The van der Waals surface area contributed by atoms with Crippen LogP contribution in [-0.2, 0) is 0 Å². The Morgan fingerprint density at radius 2 is 0.736 bits per heavy atom. The molecule has 0 spiro atoms. The van der Waals surface area contributed by atoms with Gasteiger partial charge in [-0.2, -0.15) is 0 Å². The molecule has 0 aliphatic rings. The topological polar surface area (TPSA) is 3.24 Å². The van der Waals surface area contributed by atoms with Crippen LogP contribution in [0.5, 0.6) is 0 Å². The maximum Gasteiger partial charge on any atom is 0.0467 e. The van der Waals surface area contributed by atoms with E-state index in [2.05, 4.69) is 217 Å². The summed E-state index contributed by atoms with van der Waals surface area (Å²) in [7, 11) is 0. The number of hydrogen-bond donors (Lipinski definition) is 0. The summed E-state index contributed by atoms with van der Waals surface area (Å²) in [6.07, 6.45) is 0. The average molecular weight is 674 g/mol. The lowest BCUT2D eigenvalue weighted by Crippen LogP contribution is -2.09. The Labute approximate surface area is 309 Å². The van der Waals surface area contributed by atoms with Gasteiger partial charge in [-0.25, -0.2) is 0 Å². The lowest BCUT2D eigenvalue weighted by Gasteiger charge is -2.26. The van der Waals surface area contributed by atoms with Crippen molar-refractivity contribution in [2.24, 2.45) is 0 Å². The molecule has 0 unspecified atom stereocenters. The lowest BCUT2D eigenvalue weighted by molar-refractivity contribution is 1.28. The molecule has 0 N–H and O–H groups in total. The second kappa shape index (κ2) is 13.0. The van der Waals surface area contributed by atoms with E-state index in [1.54, 1.807) is 0 Å². The number of fused-ring (bicyclic) bond motifs is 6. The predicted molar refractivity (Wildman–Crippen MR) is 227 cm³/mol. The first-order chi connectivity index (χ1) is 26.3. The highest BCUT2D eigenvalue weighted by atomic mass is 15.1. The van der Waals surface area contributed by atoms with Gasteiger partial charge in [0.1, 0.15) is 0 Å². The van der Waals surface area contributed by atoms with Crippen LogP contribution in [-0.4, -0.2) is 0 Å². The third-order valence-corrected chi connectivity index (χ3v) is 10.6. The summed E-state index contributed by atoms with van der Waals surface area (Å²) >= 11 is 0. The maximum atomic E-state index is 2.42. The molecule has 0 saturated carbocycles. The number of para-hydroxylation sites is 1. The van der Waals surface area contributed by atoms with E-state index in [1.165, 1.54) is 76.5 Å². The molecule has 10 aromatic carbocycles. The molecule has 1 heteroatoms. The van der Waals surface area contributed by atoms with Gasteiger partial charge in [-0.3, -0.25) is 0 Å². The molecule has 0 heterocycles. The molecular weight excluding hydrogens is 639 g/mol. The van der Waals surface area contributed by atoms with E-state index in [0.29, 0.717) is 0 Å². The summed E-state index contributed by atoms with van der Waals surface area (Å²) in [4.78, 5) is 2.35. The molecular formula is C52H35N. The SMILES string of the molecule is c1ccc(-c2ccc(N(c3ccccc3)c3cccc(-c4ccc(-c5cc6c7ccccc7ccc6c6ccccc56)c5ccccc45)c3)cc2)cc1. The van der Waals surface area contributed by atoms with Gasteiger partial charge in [-0.15, -0.1) is 0 Å². The molecule has 1 nitrogen and oxygen atoms in total. The van der Waals surface area contributed by atoms with Gasteiger partial charge in [0.2, 0.25) is 0 Å². The molecule has 53 heavy (non-hydrogen) atoms. The van der Waals surface area contributed by atoms with Gasteiger partial charge >= 0.3 is 0 Å². The third-order valence-electron chi connectivity index (χ3n) is 10.6. The van der Waals surface area contributed by atoms with Crippen LogP contribution < -0.4 is 4.90 Å². The maximum absolute atomic E-state index is 2.42. The summed E-state index contributed by atoms with van der Waals surface area (Å²) in [5.74, 6) is 0. The first kappa shape index (κ1) is 30.8. The second-order valence-corrected chi connectivity index (χ2v) is 13.7. The highest BCUT2D eigenvalue weighted by molar-refractivity contribution is 6.22. The van der Waals surface area contributed by atoms with Crippen LogP contribution in [0.25, 0.3) is 76.5 Å². The zero-order valence-electron chi connectivity index (χ0n) is 29.2. The largest absolute Gasteiger partial charge is 0.310 e. The minimum Gasteiger partial charge on any atom is -0.310 e. The van der Waals surface area contributed by atoms with Gasteiger partial charge in [0.05, 0.1) is 0 Å². The van der Waals surface area contributed by atoms with E-state index < -0.39 is 0 Å². The minimum atomic E-state index is 1.11. The van der Waals surface area contributed by atoms with Crippen LogP contribution in [0, 0.1) is 0 Å². The van der Waals surface area contributed by atoms with Gasteiger partial charge in [0.15, 0.2) is 0 Å². The lowest BCUT2D eigenvalue weighted by atomic mass is 9.87. The third kappa shape index (κ3) is 5.42. The van der Waals surface area contributed by atoms with E-state index in [9.17, 15) is 0 Å². The zero-order valence-corrected chi connectivity index (χ0v) is 29.2. The van der Waals surface area contributed by atoms with Crippen molar-refractivity contribution in [3.8, 4) is 33.4 Å². The van der Waals surface area contributed by atoms with Gasteiger partial charge < -0.3 is 4.90 Å². The molecule has 0 atom stereocenters. The Morgan fingerprint density at radius 3 is 1.49 bits per heavy atom. The second-order valence-electron chi connectivity index (χ2n) is 13.7. The first-order valence-corrected chi connectivity index (χ1v) is 18.3. The Kier molecular flexibility index (Phi) is 7.55. The normalized spacial score (nSPS) is 11.4. The highest BCUT2D eigenvalue weighted by Crippen LogP contribution is 2.43. The molecule has 10 aromatic rings. The summed E-state index contributed by atoms with van der Waals surface area (Å²) < 4.78 is 0. The average Bonchev–Trinajstić information content (AvgIpc) is 3.24. The van der Waals surface area contributed by atoms with Crippen molar-refractivity contribution in [3.63, 3.8) is 0 Å². The smallest absolute Gasteiger partial charge is 0.0467 e. The van der Waals surface area contributed by atoms with Crippen molar-refractivity contribution in [1.82, 2.24) is 0 Å². The number of hydrogen-bond acceptors (Lipinski definition) is 1. The van der Waals surface area contributed by atoms with E-state index in [1.807, 2.05) is 0 Å². The molecule has 10 rings (SSSR count). The minimum absolute atomic E-state index is 1.11. The number of benzene rings is 10. The summed E-state index contributed by atoms with van der Waals surface area (Å²) in [6.45, 7) is 0. The molecule has 0 aliphatic carbocycles. The number of anilines is 3. The van der Waals surface area contributed by atoms with E-state index in [4.69, 9.17) is 0 Å². The van der Waals surface area contributed by atoms with Crippen molar-refractivity contribution in [3.05, 3.63) is 212 Å². The Balaban J connectivity index is 1.12. The Bertz CT molecular complexity index is 2930. The van der Waals surface area contributed by atoms with Crippen LogP contribution >= 0.6 is 0 Å². The van der Waals surface area contributed by atoms with E-state index in [-0.39, 0.29) is 0 Å². The fourth-order valence-electron chi connectivity index (χ4n) is 8.14. The van der Waals surface area contributed by atoms with Crippen LogP contribution in [0.1, 0.15) is 0 Å². The summed E-state index contributed by atoms with van der Waals surface area (Å²) in [6, 6.07) is 77.2. The fraction of sp³-hybridized carbons (Fsp3) is 0. The Hall–Kier alpha value is -6.96. The van der Waals surface area contributed by atoms with Crippen molar-refractivity contribution in [2.75, 3.05) is 4.90 Å². The molecule has 0 bridgehead atoms. The molecule has 0 fully saturated rings. The number of nitrogens with zero attached hydrogens (tertiary/aromatic N) is 1. The van der Waals surface area contributed by atoms with Crippen molar-refractivity contribution in [1.29, 1.82) is 0 Å². The summed E-state index contributed by atoms with van der Waals surface area (Å²) in [5, 5.41) is 10.2. The molecule has 0 saturated heterocycles. The van der Waals surface area contributed by atoms with Crippen LogP contribution in [0.3, 0.4) is 0 Å². The fourth-order valence-corrected chi connectivity index (χ4v) is 8.14. The Morgan fingerprint density at radius 1 is 0.226 bits per heavy atom. The van der Waals surface area contributed by atoms with E-state index in [0.717, 1.165) is 17.1 Å². The van der Waals surface area contributed by atoms with E-state index >= 15 is 0 Å². The predicted octanol–water partition coefficient (Wildman–Crippen LogP) is 14.8. The van der Waals surface area contributed by atoms with Crippen LogP contribution in [0.4, 0.5) is 17.1 Å². The first-order valence-electron chi connectivity index (χ1n) is 18.3. The molecule has 0 aliphatic heterocycles. The van der Waals surface area contributed by atoms with Crippen molar-refractivity contribution >= 4 is 60.2 Å². The summed E-state index contributed by atoms with van der Waals surface area (Å²) in [5.41, 5.74) is 10.7. The molecule has 248 valence electrons. The monoisotopic (exact) mass is 673 g/mol. The van der Waals surface area contributed by atoms with Crippen LogP contribution in [0.2, 0.25) is 0 Å². The highest BCUT2D eigenvalue weighted by Gasteiger charge is 2.17. The molecule has 0 amide bonds. The van der Waals surface area contributed by atoms with Crippen molar-refractivity contribution < 1.29 is 0 Å². The van der Waals surface area contributed by atoms with Crippen molar-refractivity contribution in [2.45, 2.75) is 0 Å². The van der Waals surface area contributed by atoms with Gasteiger partial charge in [0.25, 0.3) is 0 Å². The van der Waals surface area contributed by atoms with Gasteiger partial charge in [-0.05, 0) is 119 Å². The quantitative estimate of drug-likeness (QED) is 0.159. The van der Waals surface area contributed by atoms with Gasteiger partial charge in [0, 0.05) is 17.1 Å².